The van der Waals surface area contributed by atoms with Gasteiger partial charge < -0.3 is 15.9 Å². The van der Waals surface area contributed by atoms with Crippen molar-refractivity contribution in [3.63, 3.8) is 0 Å². The number of carbonyl (C=O) groups is 1. The van der Waals surface area contributed by atoms with Gasteiger partial charge in [-0.3, -0.25) is 4.79 Å². The van der Waals surface area contributed by atoms with Gasteiger partial charge in [0.15, 0.2) is 0 Å². The van der Waals surface area contributed by atoms with Crippen molar-refractivity contribution in [3.8, 4) is 0 Å². The number of hydrogen-bond donors (Lipinski definition) is 3. The molecule has 4 N–H and O–H groups in total. The minimum absolute atomic E-state index is 0.250. The topological polar surface area (TPSA) is 83.5 Å². The maximum absolute atomic E-state index is 10.3. The first-order valence-electron chi connectivity index (χ1n) is 12.6. The van der Waals surface area contributed by atoms with Gasteiger partial charge in [0.05, 0.1) is 0 Å². The average molecular weight is 418 g/mol. The lowest BCUT2D eigenvalue weighted by Crippen LogP contribution is -1.96. The molecule has 0 amide bonds. The fraction of sp³-hybridized carbons (Fsp3) is 0.960. The van der Waals surface area contributed by atoms with E-state index in [4.69, 9.17) is 15.9 Å². The molecule has 0 fully saturated rings. The number of aliphatic hydroxyl groups excluding tert-OH is 1. The summed E-state index contributed by atoms with van der Waals surface area (Å²) in [6, 6.07) is 0. The van der Waals surface area contributed by atoms with Crippen LogP contribution >= 0.6 is 0 Å². The van der Waals surface area contributed by atoms with Gasteiger partial charge in [-0.05, 0) is 26.3 Å². The monoisotopic (exact) mass is 417 g/mol. The van der Waals surface area contributed by atoms with E-state index >= 15 is 0 Å². The number of hydrogen-bond acceptors (Lipinski definition) is 3. The first-order valence-corrected chi connectivity index (χ1v) is 12.6. The Morgan fingerprint density at radius 2 is 0.862 bits per heavy atom. The first-order chi connectivity index (χ1) is 14.1. The lowest BCUT2D eigenvalue weighted by molar-refractivity contribution is -0.137. The summed E-state index contributed by atoms with van der Waals surface area (Å²) < 4.78 is 0. The number of nitrogens with two attached hydrogens (primary N) is 1. The number of carboxylic acid groups (broad SMARTS) is 1. The Hall–Kier alpha value is -0.610. The SMILES string of the molecule is CCCCCCCCCCCCCCCCCC(=O)O.CCCCCN.CCO. The number of aliphatic hydroxyl groups is 1. The van der Waals surface area contributed by atoms with E-state index in [0.717, 1.165) is 19.4 Å². The van der Waals surface area contributed by atoms with Gasteiger partial charge in [0.2, 0.25) is 0 Å². The van der Waals surface area contributed by atoms with Crippen LogP contribution in [0.5, 0.6) is 0 Å². The fourth-order valence-electron chi connectivity index (χ4n) is 3.04. The van der Waals surface area contributed by atoms with Crippen molar-refractivity contribution < 1.29 is 15.0 Å². The average Bonchev–Trinajstić information content (AvgIpc) is 2.70. The lowest BCUT2D eigenvalue weighted by atomic mass is 10.0. The summed E-state index contributed by atoms with van der Waals surface area (Å²) in [5.74, 6) is -0.653. The molecular formula is C25H55NO3. The molecule has 0 spiro atoms. The third kappa shape index (κ3) is 47.0. The van der Waals surface area contributed by atoms with Crippen molar-refractivity contribution in [2.24, 2.45) is 5.73 Å². The molecule has 0 saturated heterocycles. The van der Waals surface area contributed by atoms with Crippen LogP contribution in [-0.4, -0.2) is 29.3 Å². The zero-order valence-electron chi connectivity index (χ0n) is 20.2. The molecular weight excluding hydrogens is 362 g/mol. The summed E-state index contributed by atoms with van der Waals surface area (Å²) in [7, 11) is 0. The predicted molar refractivity (Wildman–Crippen MR) is 129 cm³/mol. The largest absolute Gasteiger partial charge is 0.481 e. The molecule has 0 aliphatic rings. The Kier molecular flexibility index (Phi) is 39.7. The molecule has 0 saturated carbocycles. The maximum Gasteiger partial charge on any atom is 0.303 e. The first kappa shape index (κ1) is 33.0. The van der Waals surface area contributed by atoms with Crippen LogP contribution in [0.15, 0.2) is 0 Å². The zero-order chi connectivity index (χ0) is 22.4. The van der Waals surface area contributed by atoms with E-state index in [1.54, 1.807) is 6.92 Å². The van der Waals surface area contributed by atoms with Crippen LogP contribution in [0, 0.1) is 0 Å². The summed E-state index contributed by atoms with van der Waals surface area (Å²) in [6.07, 6.45) is 24.0. The van der Waals surface area contributed by atoms with Gasteiger partial charge in [-0.1, -0.05) is 117 Å². The molecule has 0 aromatic carbocycles. The van der Waals surface area contributed by atoms with E-state index in [0.29, 0.717) is 6.42 Å². The van der Waals surface area contributed by atoms with Gasteiger partial charge in [0.25, 0.3) is 0 Å². The molecule has 0 radical (unpaired) electrons. The number of unbranched alkanes of at least 4 members (excludes halogenated alkanes) is 16. The Morgan fingerprint density at radius 1 is 0.586 bits per heavy atom. The Morgan fingerprint density at radius 3 is 1.10 bits per heavy atom. The third-order valence-electron chi connectivity index (χ3n) is 4.80. The summed E-state index contributed by atoms with van der Waals surface area (Å²) in [5.41, 5.74) is 5.21. The second-order valence-electron chi connectivity index (χ2n) is 7.91. The van der Waals surface area contributed by atoms with Crippen LogP contribution in [0.3, 0.4) is 0 Å². The second kappa shape index (κ2) is 34.9. The molecule has 0 aromatic rings. The summed E-state index contributed by atoms with van der Waals surface area (Å²) in [5, 5.41) is 16.1. The Labute approximate surface area is 183 Å². The highest BCUT2D eigenvalue weighted by Crippen LogP contribution is 2.13. The standard InChI is InChI=1S/C18H36O2.C5H13N.C2H6O/c1-2-3-4-5-6-7-8-9-10-11-12-13-14-15-16-17-18(19)20;1-2-3-4-5-6;1-2-3/h2-17H2,1H3,(H,19,20);2-6H2,1H3;3H,2H2,1H3. The van der Waals surface area contributed by atoms with Crippen molar-refractivity contribution in [2.45, 2.75) is 143 Å². The van der Waals surface area contributed by atoms with Crippen LogP contribution in [-0.2, 0) is 4.79 Å². The van der Waals surface area contributed by atoms with Crippen molar-refractivity contribution in [3.05, 3.63) is 0 Å². The van der Waals surface area contributed by atoms with Crippen molar-refractivity contribution in [1.82, 2.24) is 0 Å². The summed E-state index contributed by atoms with van der Waals surface area (Å²) in [6.45, 7) is 7.23. The molecule has 0 aliphatic carbocycles. The smallest absolute Gasteiger partial charge is 0.303 e. The van der Waals surface area contributed by atoms with E-state index in [2.05, 4.69) is 13.8 Å². The van der Waals surface area contributed by atoms with E-state index < -0.39 is 5.97 Å². The highest BCUT2D eigenvalue weighted by Gasteiger charge is 1.97. The molecule has 0 atom stereocenters. The third-order valence-corrected chi connectivity index (χ3v) is 4.80. The molecule has 0 heterocycles. The van der Waals surface area contributed by atoms with Crippen LogP contribution in [0.4, 0.5) is 0 Å². The van der Waals surface area contributed by atoms with Crippen molar-refractivity contribution >= 4 is 5.97 Å². The van der Waals surface area contributed by atoms with Gasteiger partial charge in [0, 0.05) is 13.0 Å². The lowest BCUT2D eigenvalue weighted by Gasteiger charge is -2.03. The van der Waals surface area contributed by atoms with E-state index in [1.165, 1.54) is 103 Å². The number of rotatable bonds is 19. The molecule has 0 rings (SSSR count). The van der Waals surface area contributed by atoms with Gasteiger partial charge in [-0.2, -0.15) is 0 Å². The van der Waals surface area contributed by atoms with Crippen LogP contribution < -0.4 is 5.73 Å². The van der Waals surface area contributed by atoms with Gasteiger partial charge >= 0.3 is 5.97 Å². The minimum Gasteiger partial charge on any atom is -0.481 e. The highest BCUT2D eigenvalue weighted by molar-refractivity contribution is 5.66. The highest BCUT2D eigenvalue weighted by atomic mass is 16.4. The molecule has 0 bridgehead atoms. The number of aliphatic carboxylic acids is 1. The molecule has 4 nitrogen and oxygen atoms in total. The van der Waals surface area contributed by atoms with Crippen LogP contribution in [0.1, 0.15) is 143 Å². The van der Waals surface area contributed by atoms with E-state index in [9.17, 15) is 4.79 Å². The molecule has 0 unspecified atom stereocenters. The van der Waals surface area contributed by atoms with Gasteiger partial charge in [-0.25, -0.2) is 0 Å². The van der Waals surface area contributed by atoms with Crippen molar-refractivity contribution in [1.29, 1.82) is 0 Å². The van der Waals surface area contributed by atoms with E-state index in [-0.39, 0.29) is 6.61 Å². The van der Waals surface area contributed by atoms with Crippen LogP contribution in [0.2, 0.25) is 0 Å². The normalized spacial score (nSPS) is 9.97. The maximum atomic E-state index is 10.3. The Bertz CT molecular complexity index is 269. The van der Waals surface area contributed by atoms with Crippen molar-refractivity contribution in [2.75, 3.05) is 13.2 Å². The van der Waals surface area contributed by atoms with E-state index in [1.807, 2.05) is 0 Å². The fourth-order valence-corrected chi connectivity index (χ4v) is 3.04. The van der Waals surface area contributed by atoms with Crippen LogP contribution in [0.25, 0.3) is 0 Å². The predicted octanol–water partition coefficient (Wildman–Crippen LogP) is 7.47. The Balaban J connectivity index is -0.000000625. The quantitative estimate of drug-likeness (QED) is 0.190. The number of carboxylic acids is 1. The summed E-state index contributed by atoms with van der Waals surface area (Å²) in [4.78, 5) is 10.3. The molecule has 178 valence electrons. The molecule has 4 heteroatoms. The minimum atomic E-state index is -0.653. The zero-order valence-corrected chi connectivity index (χ0v) is 20.2. The molecule has 0 aliphatic heterocycles. The van der Waals surface area contributed by atoms with Gasteiger partial charge in [-0.15, -0.1) is 0 Å². The van der Waals surface area contributed by atoms with Gasteiger partial charge in [0.1, 0.15) is 0 Å². The second-order valence-corrected chi connectivity index (χ2v) is 7.91. The molecule has 0 aromatic heterocycles. The summed E-state index contributed by atoms with van der Waals surface area (Å²) >= 11 is 0. The molecule has 29 heavy (non-hydrogen) atoms.